The second-order valence-corrected chi connectivity index (χ2v) is 9.92. The van der Waals surface area contributed by atoms with Crippen molar-refractivity contribution in [1.29, 1.82) is 0 Å². The summed E-state index contributed by atoms with van der Waals surface area (Å²) >= 11 is 6.69. The molecule has 1 saturated carbocycles. The summed E-state index contributed by atoms with van der Waals surface area (Å²) in [7, 11) is 0. The number of hydrogen-bond acceptors (Lipinski definition) is 6. The molecule has 0 radical (unpaired) electrons. The molecule has 1 aromatic carbocycles. The molecule has 5 rings (SSSR count). The summed E-state index contributed by atoms with van der Waals surface area (Å²) in [5.74, 6) is 2.02. The summed E-state index contributed by atoms with van der Waals surface area (Å²) in [5, 5.41) is 8.19. The second-order valence-electron chi connectivity index (χ2n) is 7.24. The summed E-state index contributed by atoms with van der Waals surface area (Å²) in [6.07, 6.45) is 2.55. The van der Waals surface area contributed by atoms with Gasteiger partial charge in [0.25, 0.3) is 0 Å². The highest BCUT2D eigenvalue weighted by Crippen LogP contribution is 2.43. The van der Waals surface area contributed by atoms with Crippen molar-refractivity contribution in [3.05, 3.63) is 50.8 Å². The molecule has 1 unspecified atom stereocenters. The maximum atomic E-state index is 12.8. The number of nitrogens with zero attached hydrogens (tertiary/aromatic N) is 1. The van der Waals surface area contributed by atoms with E-state index < -0.39 is 0 Å². The van der Waals surface area contributed by atoms with Crippen molar-refractivity contribution < 1.29 is 14.3 Å². The Kier molecular flexibility index (Phi) is 5.32. The summed E-state index contributed by atoms with van der Waals surface area (Å²) < 4.78 is 12.4. The van der Waals surface area contributed by atoms with E-state index >= 15 is 0 Å². The van der Waals surface area contributed by atoms with Crippen LogP contribution in [0.15, 0.2) is 39.5 Å². The lowest BCUT2D eigenvalue weighted by atomic mass is 10.0. The van der Waals surface area contributed by atoms with Crippen LogP contribution in [0.4, 0.5) is 0 Å². The van der Waals surface area contributed by atoms with E-state index in [1.54, 1.807) is 22.7 Å². The average molecular weight is 491 g/mol. The molecular formula is C21H19BrN2O3S2. The predicted octanol–water partition coefficient (Wildman–Crippen LogP) is 5.22. The van der Waals surface area contributed by atoms with Crippen molar-refractivity contribution in [1.82, 2.24) is 10.3 Å². The molecule has 0 spiro atoms. The van der Waals surface area contributed by atoms with Gasteiger partial charge in [0.05, 0.1) is 23.0 Å². The molecule has 1 aliphatic heterocycles. The Labute approximate surface area is 185 Å². The molecule has 0 bridgehead atoms. The Morgan fingerprint density at radius 1 is 1.17 bits per heavy atom. The van der Waals surface area contributed by atoms with Crippen molar-refractivity contribution in [2.24, 2.45) is 5.92 Å². The van der Waals surface area contributed by atoms with Gasteiger partial charge in [-0.15, -0.1) is 22.7 Å². The molecule has 2 aliphatic rings. The number of amides is 1. The molecule has 5 nitrogen and oxygen atoms in total. The summed E-state index contributed by atoms with van der Waals surface area (Å²) in [4.78, 5) is 18.5. The standard InChI is InChI=1S/C21H19BrN2O3S2/c22-14-8-18(28-10-14)21-23-15(11-29-21)9-19(25)24-20(12-1-2-12)13-3-4-16-17(7-13)27-6-5-26-16/h3-4,7-8,10-12,20H,1-2,5-6,9H2,(H,24,25). The molecule has 3 aromatic rings. The van der Waals surface area contributed by atoms with Crippen molar-refractivity contribution in [2.45, 2.75) is 25.3 Å². The largest absolute Gasteiger partial charge is 0.486 e. The quantitative estimate of drug-likeness (QED) is 0.514. The number of benzene rings is 1. The van der Waals surface area contributed by atoms with Crippen molar-refractivity contribution in [3.8, 4) is 21.4 Å². The van der Waals surface area contributed by atoms with E-state index in [-0.39, 0.29) is 18.4 Å². The first-order valence-corrected chi connectivity index (χ1v) is 12.1. The van der Waals surface area contributed by atoms with E-state index in [9.17, 15) is 4.79 Å². The van der Waals surface area contributed by atoms with Crippen LogP contribution in [-0.4, -0.2) is 24.1 Å². The van der Waals surface area contributed by atoms with Crippen LogP contribution in [-0.2, 0) is 11.2 Å². The Morgan fingerprint density at radius 2 is 2.00 bits per heavy atom. The van der Waals surface area contributed by atoms with Crippen molar-refractivity contribution >= 4 is 44.5 Å². The first kappa shape index (κ1) is 19.1. The Morgan fingerprint density at radius 3 is 2.76 bits per heavy atom. The number of ether oxygens (including phenoxy) is 2. The van der Waals surface area contributed by atoms with Gasteiger partial charge in [-0.1, -0.05) is 6.07 Å². The van der Waals surface area contributed by atoms with Gasteiger partial charge >= 0.3 is 0 Å². The van der Waals surface area contributed by atoms with E-state index in [2.05, 4.69) is 32.3 Å². The minimum absolute atomic E-state index is 0.000925. The molecule has 1 fully saturated rings. The predicted molar refractivity (Wildman–Crippen MR) is 118 cm³/mol. The minimum atomic E-state index is 0.000925. The van der Waals surface area contributed by atoms with Crippen LogP contribution < -0.4 is 14.8 Å². The Hall–Kier alpha value is -1.90. The average Bonchev–Trinajstić information content (AvgIpc) is 3.31. The third kappa shape index (κ3) is 4.34. The normalized spacial score (nSPS) is 16.4. The zero-order chi connectivity index (χ0) is 19.8. The van der Waals surface area contributed by atoms with Crippen LogP contribution in [0.2, 0.25) is 0 Å². The van der Waals surface area contributed by atoms with E-state index in [4.69, 9.17) is 9.47 Å². The highest BCUT2D eigenvalue weighted by atomic mass is 79.9. The molecule has 1 N–H and O–H groups in total. The lowest BCUT2D eigenvalue weighted by Crippen LogP contribution is -2.31. The van der Waals surface area contributed by atoms with Crippen LogP contribution in [0.5, 0.6) is 11.5 Å². The van der Waals surface area contributed by atoms with E-state index in [0.29, 0.717) is 19.1 Å². The van der Waals surface area contributed by atoms with E-state index in [1.807, 2.05) is 29.0 Å². The van der Waals surface area contributed by atoms with Crippen LogP contribution in [0.3, 0.4) is 0 Å². The fourth-order valence-corrected chi connectivity index (χ4v) is 5.80. The molecule has 29 heavy (non-hydrogen) atoms. The van der Waals surface area contributed by atoms with Gasteiger partial charge in [-0.25, -0.2) is 4.98 Å². The molecule has 1 atom stereocenters. The summed E-state index contributed by atoms with van der Waals surface area (Å²) in [6.45, 7) is 1.14. The molecule has 3 heterocycles. The van der Waals surface area contributed by atoms with Crippen molar-refractivity contribution in [2.75, 3.05) is 13.2 Å². The van der Waals surface area contributed by atoms with E-state index in [1.165, 1.54) is 0 Å². The Balaban J connectivity index is 1.28. The second kappa shape index (κ2) is 8.08. The maximum absolute atomic E-state index is 12.8. The summed E-state index contributed by atoms with van der Waals surface area (Å²) in [6, 6.07) is 8.04. The van der Waals surface area contributed by atoms with E-state index in [0.717, 1.165) is 50.0 Å². The van der Waals surface area contributed by atoms with Gasteiger partial charge in [0.2, 0.25) is 5.91 Å². The minimum Gasteiger partial charge on any atom is -0.486 e. The van der Waals surface area contributed by atoms with Crippen LogP contribution >= 0.6 is 38.6 Å². The number of thiazole rings is 1. The first-order valence-electron chi connectivity index (χ1n) is 9.53. The summed E-state index contributed by atoms with van der Waals surface area (Å²) in [5.41, 5.74) is 1.89. The number of aromatic nitrogens is 1. The lowest BCUT2D eigenvalue weighted by Gasteiger charge is -2.23. The highest BCUT2D eigenvalue weighted by Gasteiger charge is 2.34. The molecule has 8 heteroatoms. The van der Waals surface area contributed by atoms with Gasteiger partial charge in [0.15, 0.2) is 11.5 Å². The molecular weight excluding hydrogens is 472 g/mol. The van der Waals surface area contributed by atoms with Crippen LogP contribution in [0.1, 0.15) is 30.1 Å². The molecule has 150 valence electrons. The zero-order valence-electron chi connectivity index (χ0n) is 15.5. The number of hydrogen-bond donors (Lipinski definition) is 1. The smallest absolute Gasteiger partial charge is 0.226 e. The van der Waals surface area contributed by atoms with Crippen molar-refractivity contribution in [3.63, 3.8) is 0 Å². The van der Waals surface area contributed by atoms with Crippen LogP contribution in [0.25, 0.3) is 9.88 Å². The van der Waals surface area contributed by atoms with Crippen LogP contribution in [0, 0.1) is 5.92 Å². The van der Waals surface area contributed by atoms with Gasteiger partial charge in [-0.05, 0) is 58.5 Å². The maximum Gasteiger partial charge on any atom is 0.226 e. The monoisotopic (exact) mass is 490 g/mol. The first-order chi connectivity index (χ1) is 14.2. The SMILES string of the molecule is O=C(Cc1csc(-c2cc(Br)cs2)n1)NC(c1ccc2c(c1)OCCO2)C1CC1. The molecule has 2 aromatic heterocycles. The molecule has 0 saturated heterocycles. The highest BCUT2D eigenvalue weighted by molar-refractivity contribution is 9.10. The van der Waals surface area contributed by atoms with Gasteiger partial charge in [0, 0.05) is 15.2 Å². The number of thiophene rings is 1. The zero-order valence-corrected chi connectivity index (χ0v) is 18.7. The number of fused-ring (bicyclic) bond motifs is 1. The number of carbonyl (C=O) groups excluding carboxylic acids is 1. The third-order valence-corrected chi connectivity index (χ3v) is 7.76. The Bertz CT molecular complexity index is 1040. The van der Waals surface area contributed by atoms with Gasteiger partial charge in [0.1, 0.15) is 18.2 Å². The number of rotatable bonds is 6. The fraction of sp³-hybridized carbons (Fsp3) is 0.333. The number of halogens is 1. The lowest BCUT2D eigenvalue weighted by molar-refractivity contribution is -0.121. The topological polar surface area (TPSA) is 60.5 Å². The van der Waals surface area contributed by atoms with Gasteiger partial charge in [-0.2, -0.15) is 0 Å². The number of nitrogens with one attached hydrogen (secondary N) is 1. The number of carbonyl (C=O) groups is 1. The van der Waals surface area contributed by atoms with Gasteiger partial charge < -0.3 is 14.8 Å². The molecule has 1 amide bonds. The third-order valence-electron chi connectivity index (χ3n) is 5.01. The molecule has 1 aliphatic carbocycles. The van der Waals surface area contributed by atoms with Gasteiger partial charge in [-0.3, -0.25) is 4.79 Å². The fourth-order valence-electron chi connectivity index (χ4n) is 3.47.